The van der Waals surface area contributed by atoms with Crippen LogP contribution < -0.4 is 0 Å². The number of rotatable bonds is 1. The van der Waals surface area contributed by atoms with Crippen LogP contribution in [0.15, 0.2) is 5.16 Å². The topological polar surface area (TPSA) is 35.8 Å². The fraction of sp³-hybridized carbons (Fsp3) is 0.923. The fourth-order valence-electron chi connectivity index (χ4n) is 4.17. The second kappa shape index (κ2) is 4.02. The largest absolute Gasteiger partial charge is 0.411 e. The molecule has 3 heteroatoms. The lowest BCUT2D eigenvalue weighted by atomic mass is 9.89. The number of nitrogens with zero attached hydrogens (tertiary/aromatic N) is 2. The summed E-state index contributed by atoms with van der Waals surface area (Å²) < 4.78 is 0. The zero-order valence-electron chi connectivity index (χ0n) is 10.1. The van der Waals surface area contributed by atoms with E-state index in [4.69, 9.17) is 0 Å². The van der Waals surface area contributed by atoms with Gasteiger partial charge in [0, 0.05) is 12.0 Å². The van der Waals surface area contributed by atoms with Gasteiger partial charge < -0.3 is 5.21 Å². The molecule has 0 aromatic heterocycles. The van der Waals surface area contributed by atoms with Crippen LogP contribution in [0.1, 0.15) is 45.4 Å². The summed E-state index contributed by atoms with van der Waals surface area (Å²) in [5.74, 6) is 1.37. The van der Waals surface area contributed by atoms with Gasteiger partial charge in [-0.3, -0.25) is 4.90 Å². The summed E-state index contributed by atoms with van der Waals surface area (Å²) in [6.45, 7) is 3.54. The highest BCUT2D eigenvalue weighted by Gasteiger charge is 2.49. The Labute approximate surface area is 97.5 Å². The Bertz CT molecular complexity index is 302. The molecule has 4 atom stereocenters. The van der Waals surface area contributed by atoms with Gasteiger partial charge in [0.1, 0.15) is 0 Å². The first-order chi connectivity index (χ1) is 7.81. The van der Waals surface area contributed by atoms with Gasteiger partial charge in [-0.05, 0) is 51.5 Å². The molecule has 3 nitrogen and oxygen atoms in total. The molecule has 3 fully saturated rings. The summed E-state index contributed by atoms with van der Waals surface area (Å²) in [6.07, 6.45) is 7.86. The van der Waals surface area contributed by atoms with E-state index in [1.54, 1.807) is 0 Å². The number of hydrogen-bond donors (Lipinski definition) is 1. The van der Waals surface area contributed by atoms with Crippen LogP contribution in [0.4, 0.5) is 0 Å². The third-order valence-corrected chi connectivity index (χ3v) is 4.97. The Kier molecular flexibility index (Phi) is 2.66. The number of likely N-dealkylation sites (tertiary alicyclic amines) is 1. The standard InChI is InChI=1S/C13H22N2O/c1-9-4-2-3-7-15(9)13-11-6-5-10(8-11)12(13)14-16/h9-11,13,16H,2-8H2,1H3/b14-12-/t9-,10+,11-,13-/m1/s1. The first-order valence-corrected chi connectivity index (χ1v) is 6.79. The summed E-state index contributed by atoms with van der Waals surface area (Å²) in [4.78, 5) is 2.61. The third kappa shape index (κ3) is 1.48. The molecule has 2 bridgehead atoms. The van der Waals surface area contributed by atoms with Crippen molar-refractivity contribution < 1.29 is 5.21 Å². The zero-order chi connectivity index (χ0) is 11.1. The summed E-state index contributed by atoms with van der Waals surface area (Å²) in [5.41, 5.74) is 1.10. The van der Waals surface area contributed by atoms with Gasteiger partial charge >= 0.3 is 0 Å². The van der Waals surface area contributed by atoms with Crippen LogP contribution in [0.3, 0.4) is 0 Å². The molecule has 3 aliphatic rings. The van der Waals surface area contributed by atoms with E-state index in [1.807, 2.05) is 0 Å². The molecule has 0 spiro atoms. The van der Waals surface area contributed by atoms with Gasteiger partial charge in [0.25, 0.3) is 0 Å². The molecule has 0 radical (unpaired) electrons. The van der Waals surface area contributed by atoms with Crippen molar-refractivity contribution in [1.82, 2.24) is 4.90 Å². The van der Waals surface area contributed by atoms with Crippen molar-refractivity contribution in [2.75, 3.05) is 6.54 Å². The van der Waals surface area contributed by atoms with Crippen LogP contribution in [0.5, 0.6) is 0 Å². The van der Waals surface area contributed by atoms with Gasteiger partial charge in [0.2, 0.25) is 0 Å². The zero-order valence-corrected chi connectivity index (χ0v) is 10.1. The lowest BCUT2D eigenvalue weighted by molar-refractivity contribution is 0.108. The number of hydrogen-bond acceptors (Lipinski definition) is 3. The van der Waals surface area contributed by atoms with E-state index < -0.39 is 0 Å². The third-order valence-electron chi connectivity index (χ3n) is 4.97. The molecule has 0 aromatic rings. The highest BCUT2D eigenvalue weighted by molar-refractivity contribution is 5.94. The maximum Gasteiger partial charge on any atom is 0.0775 e. The Morgan fingerprint density at radius 1 is 1.25 bits per heavy atom. The van der Waals surface area contributed by atoms with Gasteiger partial charge in [0.05, 0.1) is 11.8 Å². The highest BCUT2D eigenvalue weighted by Crippen LogP contribution is 2.46. The SMILES string of the molecule is C[C@@H]1CCCCN1[C@H]1/C(=N\O)[C@H]2CC[C@@H]1C2. The van der Waals surface area contributed by atoms with Crippen molar-refractivity contribution in [3.8, 4) is 0 Å². The molecule has 1 heterocycles. The van der Waals surface area contributed by atoms with Crippen LogP contribution in [-0.4, -0.2) is 34.4 Å². The second-order valence-corrected chi connectivity index (χ2v) is 5.82. The van der Waals surface area contributed by atoms with Crippen molar-refractivity contribution in [3.05, 3.63) is 0 Å². The second-order valence-electron chi connectivity index (χ2n) is 5.82. The normalized spacial score (nSPS) is 46.7. The van der Waals surface area contributed by atoms with Gasteiger partial charge in [0.15, 0.2) is 0 Å². The van der Waals surface area contributed by atoms with E-state index in [1.165, 1.54) is 45.1 Å². The Balaban J connectivity index is 1.82. The van der Waals surface area contributed by atoms with E-state index in [9.17, 15) is 5.21 Å². The minimum atomic E-state index is 0.471. The smallest absolute Gasteiger partial charge is 0.0775 e. The van der Waals surface area contributed by atoms with Crippen LogP contribution in [0.2, 0.25) is 0 Å². The summed E-state index contributed by atoms with van der Waals surface area (Å²) >= 11 is 0. The van der Waals surface area contributed by atoms with Crippen molar-refractivity contribution in [2.24, 2.45) is 17.0 Å². The molecule has 1 saturated heterocycles. The molecular weight excluding hydrogens is 200 g/mol. The molecule has 1 aliphatic heterocycles. The summed E-state index contributed by atoms with van der Waals surface area (Å²) in [6, 6.07) is 1.15. The van der Waals surface area contributed by atoms with Crippen LogP contribution in [0, 0.1) is 11.8 Å². The van der Waals surface area contributed by atoms with E-state index in [0.717, 1.165) is 11.6 Å². The van der Waals surface area contributed by atoms with Crippen LogP contribution in [-0.2, 0) is 0 Å². The molecule has 2 aliphatic carbocycles. The molecule has 3 rings (SSSR count). The Morgan fingerprint density at radius 2 is 2.12 bits per heavy atom. The van der Waals surface area contributed by atoms with Crippen molar-refractivity contribution in [1.29, 1.82) is 0 Å². The van der Waals surface area contributed by atoms with Crippen molar-refractivity contribution >= 4 is 5.71 Å². The van der Waals surface area contributed by atoms with E-state index in [2.05, 4.69) is 17.0 Å². The molecule has 90 valence electrons. The lowest BCUT2D eigenvalue weighted by Gasteiger charge is -2.41. The summed E-state index contributed by atoms with van der Waals surface area (Å²) in [5, 5.41) is 12.9. The monoisotopic (exact) mass is 222 g/mol. The van der Waals surface area contributed by atoms with Crippen LogP contribution in [0.25, 0.3) is 0 Å². The van der Waals surface area contributed by atoms with E-state index in [0.29, 0.717) is 18.0 Å². The molecule has 16 heavy (non-hydrogen) atoms. The molecule has 0 unspecified atom stereocenters. The minimum absolute atomic E-state index is 0.471. The van der Waals surface area contributed by atoms with E-state index in [-0.39, 0.29) is 0 Å². The van der Waals surface area contributed by atoms with Gasteiger partial charge in [-0.25, -0.2) is 0 Å². The van der Waals surface area contributed by atoms with Gasteiger partial charge in [-0.1, -0.05) is 11.6 Å². The molecule has 2 saturated carbocycles. The molecule has 0 amide bonds. The molecule has 0 aromatic carbocycles. The predicted octanol–water partition coefficient (Wildman–Crippen LogP) is 2.49. The lowest BCUT2D eigenvalue weighted by Crippen LogP contribution is -2.51. The molecule has 1 N–H and O–H groups in total. The first-order valence-electron chi connectivity index (χ1n) is 6.79. The first kappa shape index (κ1) is 10.6. The van der Waals surface area contributed by atoms with Crippen molar-refractivity contribution in [2.45, 2.75) is 57.5 Å². The fourth-order valence-corrected chi connectivity index (χ4v) is 4.17. The van der Waals surface area contributed by atoms with Gasteiger partial charge in [-0.2, -0.15) is 0 Å². The van der Waals surface area contributed by atoms with Crippen LogP contribution >= 0.6 is 0 Å². The number of fused-ring (bicyclic) bond motifs is 2. The van der Waals surface area contributed by atoms with Crippen molar-refractivity contribution in [3.63, 3.8) is 0 Å². The predicted molar refractivity (Wildman–Crippen MR) is 63.9 cm³/mol. The average Bonchev–Trinajstić information content (AvgIpc) is 2.89. The number of oxime groups is 1. The Hall–Kier alpha value is -0.570. The average molecular weight is 222 g/mol. The number of piperidine rings is 1. The summed E-state index contributed by atoms with van der Waals surface area (Å²) in [7, 11) is 0. The maximum atomic E-state index is 9.24. The Morgan fingerprint density at radius 3 is 2.88 bits per heavy atom. The molecular formula is C13H22N2O. The quantitative estimate of drug-likeness (QED) is 0.546. The van der Waals surface area contributed by atoms with E-state index >= 15 is 0 Å². The highest BCUT2D eigenvalue weighted by atomic mass is 16.4. The van der Waals surface area contributed by atoms with Gasteiger partial charge in [-0.15, -0.1) is 0 Å². The maximum absolute atomic E-state index is 9.24. The minimum Gasteiger partial charge on any atom is -0.411 e.